The molecule has 0 amide bonds. The summed E-state index contributed by atoms with van der Waals surface area (Å²) in [5.74, 6) is 0.889. The summed E-state index contributed by atoms with van der Waals surface area (Å²) >= 11 is 0. The Morgan fingerprint density at radius 2 is 1.88 bits per heavy atom. The number of nitriles is 1. The van der Waals surface area contributed by atoms with E-state index in [0.29, 0.717) is 31.6 Å². The fraction of sp³-hybridized carbons (Fsp3) is 0.682. The molecule has 1 aliphatic rings. The zero-order valence-corrected chi connectivity index (χ0v) is 19.8. The maximum absolute atomic E-state index is 12.0. The Morgan fingerprint density at radius 1 is 1.19 bits per heavy atom. The molecule has 0 aromatic carbocycles. The molecule has 1 fully saturated rings. The molecule has 0 radical (unpaired) electrons. The van der Waals surface area contributed by atoms with Crippen LogP contribution in [0.5, 0.6) is 0 Å². The van der Waals surface area contributed by atoms with Crippen molar-refractivity contribution in [2.75, 3.05) is 31.3 Å². The number of sulfonamides is 1. The van der Waals surface area contributed by atoms with Crippen LogP contribution >= 0.6 is 0 Å². The minimum Gasteiger partial charge on any atom is -0.325 e. The van der Waals surface area contributed by atoms with Crippen LogP contribution in [0.1, 0.15) is 64.2 Å². The third-order valence-corrected chi connectivity index (χ3v) is 6.46. The largest absolute Gasteiger partial charge is 0.325 e. The lowest BCUT2D eigenvalue weighted by molar-refractivity contribution is -0.102. The van der Waals surface area contributed by atoms with E-state index in [4.69, 9.17) is 10.1 Å². The second-order valence-electron chi connectivity index (χ2n) is 8.18. The van der Waals surface area contributed by atoms with Crippen LogP contribution in [0.15, 0.2) is 29.5 Å². The number of rotatable bonds is 13. The van der Waals surface area contributed by atoms with Crippen molar-refractivity contribution < 1.29 is 13.3 Å². The Morgan fingerprint density at radius 3 is 2.56 bits per heavy atom. The molecule has 178 valence electrons. The molecular formula is C22H36N6O3S. The van der Waals surface area contributed by atoms with Gasteiger partial charge in [0.25, 0.3) is 0 Å². The number of pyridine rings is 1. The lowest BCUT2D eigenvalue weighted by Gasteiger charge is -2.25. The third-order valence-electron chi connectivity index (χ3n) is 5.43. The average molecular weight is 465 g/mol. The van der Waals surface area contributed by atoms with Crippen molar-refractivity contribution in [3.8, 4) is 6.19 Å². The number of nitrogens with zero attached hydrogens (tertiary/aromatic N) is 4. The van der Waals surface area contributed by atoms with Gasteiger partial charge in [-0.25, -0.2) is 8.42 Å². The monoisotopic (exact) mass is 464 g/mol. The van der Waals surface area contributed by atoms with Crippen molar-refractivity contribution in [1.29, 1.82) is 5.26 Å². The fourth-order valence-electron chi connectivity index (χ4n) is 3.68. The molecule has 1 aliphatic carbocycles. The summed E-state index contributed by atoms with van der Waals surface area (Å²) in [6.45, 7) is 1.50. The van der Waals surface area contributed by atoms with Gasteiger partial charge in [0, 0.05) is 31.2 Å². The number of nitrogens with one attached hydrogen (secondary N) is 2. The predicted octanol–water partition coefficient (Wildman–Crippen LogP) is 3.64. The van der Waals surface area contributed by atoms with Crippen LogP contribution in [0.25, 0.3) is 0 Å². The normalized spacial score (nSPS) is 15.5. The van der Waals surface area contributed by atoms with E-state index in [-0.39, 0.29) is 0 Å². The minimum atomic E-state index is -3.36. The van der Waals surface area contributed by atoms with Gasteiger partial charge in [-0.15, -0.1) is 0 Å². The van der Waals surface area contributed by atoms with Crippen LogP contribution in [0.2, 0.25) is 0 Å². The van der Waals surface area contributed by atoms with Gasteiger partial charge >= 0.3 is 0 Å². The first-order chi connectivity index (χ1) is 15.5. The summed E-state index contributed by atoms with van der Waals surface area (Å²) in [7, 11) is -3.36. The van der Waals surface area contributed by atoms with Crippen LogP contribution in [-0.2, 0) is 14.9 Å². The molecule has 0 unspecified atom stereocenters. The Kier molecular flexibility index (Phi) is 12.0. The Bertz CT molecular complexity index is 820. The van der Waals surface area contributed by atoms with Crippen molar-refractivity contribution in [2.24, 2.45) is 10.9 Å². The summed E-state index contributed by atoms with van der Waals surface area (Å²) in [4.78, 5) is 14.0. The van der Waals surface area contributed by atoms with Crippen molar-refractivity contribution >= 4 is 21.7 Å². The van der Waals surface area contributed by atoms with Crippen molar-refractivity contribution in [3.63, 3.8) is 0 Å². The van der Waals surface area contributed by atoms with E-state index >= 15 is 0 Å². The molecule has 2 rings (SSSR count). The van der Waals surface area contributed by atoms with E-state index < -0.39 is 10.0 Å². The highest BCUT2D eigenvalue weighted by atomic mass is 32.2. The maximum atomic E-state index is 12.0. The van der Waals surface area contributed by atoms with E-state index in [1.807, 2.05) is 6.19 Å². The third kappa shape index (κ3) is 10.9. The summed E-state index contributed by atoms with van der Waals surface area (Å²) in [5.41, 5.74) is 0.808. The summed E-state index contributed by atoms with van der Waals surface area (Å²) in [6.07, 6.45) is 17.0. The van der Waals surface area contributed by atoms with Crippen LogP contribution in [-0.4, -0.2) is 49.8 Å². The highest BCUT2D eigenvalue weighted by Crippen LogP contribution is 2.24. The van der Waals surface area contributed by atoms with Gasteiger partial charge in [0.2, 0.25) is 16.0 Å². The number of unbranched alkanes of at least 4 members (excludes halogenated alkanes) is 4. The minimum absolute atomic E-state index is 0.399. The van der Waals surface area contributed by atoms with Gasteiger partial charge in [0.15, 0.2) is 6.19 Å². The van der Waals surface area contributed by atoms with E-state index in [9.17, 15) is 8.42 Å². The number of aliphatic imine (C=N–C) groups is 1. The second kappa shape index (κ2) is 14.8. The fourth-order valence-corrected chi connectivity index (χ4v) is 4.39. The van der Waals surface area contributed by atoms with Gasteiger partial charge in [-0.05, 0) is 43.7 Å². The average Bonchev–Trinajstić information content (AvgIpc) is 2.78. The van der Waals surface area contributed by atoms with Crippen molar-refractivity contribution in [2.45, 2.75) is 64.2 Å². The SMILES string of the molecule is CS(=O)(=O)N(CCCCCCCN=C(NC#N)Nc1ccncc1)OCC1CCCCC1. The van der Waals surface area contributed by atoms with E-state index in [0.717, 1.165) is 50.6 Å². The summed E-state index contributed by atoms with van der Waals surface area (Å²) in [5, 5.41) is 14.5. The van der Waals surface area contributed by atoms with Gasteiger partial charge in [-0.2, -0.15) is 5.26 Å². The summed E-state index contributed by atoms with van der Waals surface area (Å²) in [6, 6.07) is 3.60. The molecule has 0 saturated heterocycles. The lowest BCUT2D eigenvalue weighted by Crippen LogP contribution is -2.33. The first-order valence-corrected chi connectivity index (χ1v) is 13.3. The maximum Gasteiger partial charge on any atom is 0.233 e. The number of aromatic nitrogens is 1. The predicted molar refractivity (Wildman–Crippen MR) is 126 cm³/mol. The molecule has 0 atom stereocenters. The molecule has 2 N–H and O–H groups in total. The van der Waals surface area contributed by atoms with Gasteiger partial charge < -0.3 is 5.32 Å². The van der Waals surface area contributed by atoms with Gasteiger partial charge in [0.05, 0.1) is 12.9 Å². The lowest BCUT2D eigenvalue weighted by atomic mass is 9.90. The zero-order valence-electron chi connectivity index (χ0n) is 19.0. The molecule has 0 spiro atoms. The Balaban J connectivity index is 1.61. The molecule has 10 heteroatoms. The molecule has 1 aromatic rings. The van der Waals surface area contributed by atoms with E-state index in [1.54, 1.807) is 24.5 Å². The number of hydrogen-bond donors (Lipinski definition) is 2. The van der Waals surface area contributed by atoms with E-state index in [1.165, 1.54) is 30.0 Å². The van der Waals surface area contributed by atoms with Gasteiger partial charge in [-0.3, -0.25) is 20.1 Å². The van der Waals surface area contributed by atoms with Crippen LogP contribution in [0, 0.1) is 17.4 Å². The Labute approximate surface area is 192 Å². The van der Waals surface area contributed by atoms with Gasteiger partial charge in [0.1, 0.15) is 0 Å². The topological polar surface area (TPSA) is 120 Å². The molecule has 32 heavy (non-hydrogen) atoms. The Hall–Kier alpha value is -2.22. The molecule has 1 saturated carbocycles. The molecular weight excluding hydrogens is 428 g/mol. The smallest absolute Gasteiger partial charge is 0.233 e. The molecule has 9 nitrogen and oxygen atoms in total. The number of hydroxylamine groups is 1. The summed E-state index contributed by atoms with van der Waals surface area (Å²) < 4.78 is 25.2. The van der Waals surface area contributed by atoms with Crippen molar-refractivity contribution in [3.05, 3.63) is 24.5 Å². The molecule has 0 bridgehead atoms. The standard InChI is InChI=1S/C22H36N6O3S/c1-32(29,30)28(31-18-20-10-6-5-7-11-20)17-9-4-2-3-8-14-25-22(26-19-23)27-21-12-15-24-16-13-21/h12-13,15-16,20H,2-11,14,17-18H2,1H3,(H2,24,25,26,27). The molecule has 0 aliphatic heterocycles. The first-order valence-electron chi connectivity index (χ1n) is 11.5. The van der Waals surface area contributed by atoms with Crippen LogP contribution < -0.4 is 10.6 Å². The number of anilines is 1. The molecule has 1 heterocycles. The highest BCUT2D eigenvalue weighted by molar-refractivity contribution is 7.88. The second-order valence-corrected chi connectivity index (χ2v) is 10.1. The number of guanidine groups is 1. The first kappa shape index (κ1) is 26.0. The quantitative estimate of drug-likeness (QED) is 0.114. The highest BCUT2D eigenvalue weighted by Gasteiger charge is 2.20. The van der Waals surface area contributed by atoms with E-state index in [2.05, 4.69) is 20.6 Å². The van der Waals surface area contributed by atoms with Crippen LogP contribution in [0.4, 0.5) is 5.69 Å². The van der Waals surface area contributed by atoms with Gasteiger partial charge in [-0.1, -0.05) is 43.0 Å². The van der Waals surface area contributed by atoms with Crippen molar-refractivity contribution in [1.82, 2.24) is 14.8 Å². The van der Waals surface area contributed by atoms with Crippen LogP contribution in [0.3, 0.4) is 0 Å². The molecule has 1 aromatic heterocycles. The number of hydrogen-bond acceptors (Lipinski definition) is 6. The zero-order chi connectivity index (χ0) is 23.1.